The number of nitrogens with zero attached hydrogens (tertiary/aromatic N) is 2. The van der Waals surface area contributed by atoms with Crippen LogP contribution < -0.4 is 0 Å². The van der Waals surface area contributed by atoms with Crippen molar-refractivity contribution in [2.24, 2.45) is 0 Å². The van der Waals surface area contributed by atoms with Crippen LogP contribution in [0.1, 0.15) is 17.0 Å². The lowest BCUT2D eigenvalue weighted by Gasteiger charge is -2.12. The number of aromatic nitrogens is 1. The molecule has 2 heteroatoms. The zero-order chi connectivity index (χ0) is 12.4. The van der Waals surface area contributed by atoms with E-state index >= 15 is 0 Å². The van der Waals surface area contributed by atoms with Crippen LogP contribution in [0.15, 0.2) is 36.4 Å². The van der Waals surface area contributed by atoms with E-state index in [0.29, 0.717) is 0 Å². The van der Waals surface area contributed by atoms with Crippen LogP contribution in [0.5, 0.6) is 0 Å². The molecule has 2 nitrogen and oxygen atoms in total. The summed E-state index contributed by atoms with van der Waals surface area (Å²) in [5, 5.41) is 0. The summed E-state index contributed by atoms with van der Waals surface area (Å²) in [5.41, 5.74) is 5.15. The van der Waals surface area contributed by atoms with Gasteiger partial charge in [-0.05, 0) is 57.8 Å². The number of hydrogen-bond donors (Lipinski definition) is 0. The van der Waals surface area contributed by atoms with E-state index in [1.165, 1.54) is 22.6 Å². The first-order valence-electron chi connectivity index (χ1n) is 5.97. The van der Waals surface area contributed by atoms with Gasteiger partial charge in [-0.15, -0.1) is 0 Å². The van der Waals surface area contributed by atoms with Crippen LogP contribution >= 0.6 is 0 Å². The van der Waals surface area contributed by atoms with Crippen LogP contribution in [-0.2, 0) is 6.54 Å². The summed E-state index contributed by atoms with van der Waals surface area (Å²) in [6.45, 7) is 5.27. The Morgan fingerprint density at radius 2 is 1.41 bits per heavy atom. The van der Waals surface area contributed by atoms with E-state index in [-0.39, 0.29) is 0 Å². The molecule has 1 heterocycles. The zero-order valence-electron chi connectivity index (χ0n) is 11.1. The Hall–Kier alpha value is -1.54. The molecular formula is C15H20N2. The van der Waals surface area contributed by atoms with Crippen molar-refractivity contribution in [1.82, 2.24) is 9.47 Å². The molecule has 0 amide bonds. The van der Waals surface area contributed by atoms with E-state index in [1.807, 2.05) is 0 Å². The van der Waals surface area contributed by atoms with Gasteiger partial charge in [0.25, 0.3) is 0 Å². The van der Waals surface area contributed by atoms with Crippen LogP contribution in [0.25, 0.3) is 5.69 Å². The monoisotopic (exact) mass is 228 g/mol. The fourth-order valence-electron chi connectivity index (χ4n) is 2.19. The summed E-state index contributed by atoms with van der Waals surface area (Å²) >= 11 is 0. The highest BCUT2D eigenvalue weighted by atomic mass is 15.0. The maximum absolute atomic E-state index is 2.28. The number of benzene rings is 1. The molecule has 0 aliphatic carbocycles. The van der Waals surface area contributed by atoms with Crippen molar-refractivity contribution in [2.75, 3.05) is 14.1 Å². The van der Waals surface area contributed by atoms with E-state index in [2.05, 4.69) is 73.8 Å². The van der Waals surface area contributed by atoms with Crippen LogP contribution in [0.3, 0.4) is 0 Å². The van der Waals surface area contributed by atoms with Gasteiger partial charge in [0.2, 0.25) is 0 Å². The molecule has 1 aromatic heterocycles. The second kappa shape index (κ2) is 4.76. The standard InChI is InChI=1S/C15H20N2/c1-12-5-6-13(2)17(12)15-9-7-14(8-10-15)11-16(3)4/h5-10H,11H2,1-4H3. The van der Waals surface area contributed by atoms with Gasteiger partial charge >= 0.3 is 0 Å². The molecule has 0 atom stereocenters. The first-order valence-corrected chi connectivity index (χ1v) is 5.97. The number of rotatable bonds is 3. The molecule has 0 spiro atoms. The van der Waals surface area contributed by atoms with Crippen LogP contribution in [0, 0.1) is 13.8 Å². The molecule has 90 valence electrons. The Bertz CT molecular complexity index is 473. The first-order chi connectivity index (χ1) is 8.08. The Labute approximate surface area is 103 Å². The summed E-state index contributed by atoms with van der Waals surface area (Å²) in [5.74, 6) is 0. The first kappa shape index (κ1) is 11.9. The quantitative estimate of drug-likeness (QED) is 0.783. The van der Waals surface area contributed by atoms with E-state index in [9.17, 15) is 0 Å². The molecule has 17 heavy (non-hydrogen) atoms. The lowest BCUT2D eigenvalue weighted by atomic mass is 10.2. The predicted molar refractivity (Wildman–Crippen MR) is 72.6 cm³/mol. The summed E-state index contributed by atoms with van der Waals surface area (Å²) in [6, 6.07) is 13.1. The maximum Gasteiger partial charge on any atom is 0.0455 e. The summed E-state index contributed by atoms with van der Waals surface area (Å²) < 4.78 is 2.28. The van der Waals surface area contributed by atoms with Gasteiger partial charge in [0.05, 0.1) is 0 Å². The van der Waals surface area contributed by atoms with Crippen molar-refractivity contribution in [1.29, 1.82) is 0 Å². The van der Waals surface area contributed by atoms with Crippen molar-refractivity contribution < 1.29 is 0 Å². The van der Waals surface area contributed by atoms with Crippen molar-refractivity contribution >= 4 is 0 Å². The molecule has 0 saturated heterocycles. The van der Waals surface area contributed by atoms with Crippen LogP contribution in [0.2, 0.25) is 0 Å². The molecule has 0 unspecified atom stereocenters. The highest BCUT2D eigenvalue weighted by Gasteiger charge is 2.03. The third kappa shape index (κ3) is 2.59. The van der Waals surface area contributed by atoms with Gasteiger partial charge in [-0.25, -0.2) is 0 Å². The highest BCUT2D eigenvalue weighted by molar-refractivity contribution is 5.39. The average molecular weight is 228 g/mol. The largest absolute Gasteiger partial charge is 0.319 e. The summed E-state index contributed by atoms with van der Waals surface area (Å²) in [4.78, 5) is 2.18. The molecule has 0 bridgehead atoms. The molecule has 2 rings (SSSR count). The van der Waals surface area contributed by atoms with E-state index in [0.717, 1.165) is 6.54 Å². The minimum Gasteiger partial charge on any atom is -0.319 e. The van der Waals surface area contributed by atoms with Gasteiger partial charge in [-0.1, -0.05) is 12.1 Å². The Morgan fingerprint density at radius 3 is 1.88 bits per heavy atom. The molecular weight excluding hydrogens is 208 g/mol. The molecule has 0 fully saturated rings. The average Bonchev–Trinajstić information content (AvgIpc) is 2.59. The summed E-state index contributed by atoms with van der Waals surface area (Å²) in [7, 11) is 4.18. The lowest BCUT2D eigenvalue weighted by molar-refractivity contribution is 0.402. The van der Waals surface area contributed by atoms with E-state index < -0.39 is 0 Å². The Balaban J connectivity index is 2.30. The second-order valence-corrected chi connectivity index (χ2v) is 4.86. The van der Waals surface area contributed by atoms with Crippen molar-refractivity contribution in [2.45, 2.75) is 20.4 Å². The van der Waals surface area contributed by atoms with Gasteiger partial charge in [-0.2, -0.15) is 0 Å². The van der Waals surface area contributed by atoms with Crippen molar-refractivity contribution in [3.05, 3.63) is 53.3 Å². The number of hydrogen-bond acceptors (Lipinski definition) is 1. The molecule has 0 aliphatic heterocycles. The minimum atomic E-state index is 0.990. The SMILES string of the molecule is Cc1ccc(C)n1-c1ccc(CN(C)C)cc1. The molecule has 2 aromatic rings. The van der Waals surface area contributed by atoms with Gasteiger partial charge in [0.1, 0.15) is 0 Å². The fraction of sp³-hybridized carbons (Fsp3) is 0.333. The van der Waals surface area contributed by atoms with Gasteiger partial charge < -0.3 is 9.47 Å². The highest BCUT2D eigenvalue weighted by Crippen LogP contribution is 2.17. The normalized spacial score (nSPS) is 11.1. The van der Waals surface area contributed by atoms with Gasteiger partial charge in [0.15, 0.2) is 0 Å². The number of aryl methyl sites for hydroxylation is 2. The maximum atomic E-state index is 2.28. The van der Waals surface area contributed by atoms with Crippen molar-refractivity contribution in [3.8, 4) is 5.69 Å². The van der Waals surface area contributed by atoms with Crippen LogP contribution in [-0.4, -0.2) is 23.6 Å². The van der Waals surface area contributed by atoms with E-state index in [4.69, 9.17) is 0 Å². The third-order valence-electron chi connectivity index (χ3n) is 2.96. The Morgan fingerprint density at radius 1 is 0.882 bits per heavy atom. The molecule has 0 N–H and O–H groups in total. The lowest BCUT2D eigenvalue weighted by Crippen LogP contribution is -2.10. The topological polar surface area (TPSA) is 8.17 Å². The van der Waals surface area contributed by atoms with Gasteiger partial charge in [-0.3, -0.25) is 0 Å². The fourth-order valence-corrected chi connectivity index (χ4v) is 2.19. The zero-order valence-corrected chi connectivity index (χ0v) is 11.1. The van der Waals surface area contributed by atoms with Gasteiger partial charge in [0, 0.05) is 23.6 Å². The third-order valence-corrected chi connectivity index (χ3v) is 2.96. The molecule has 0 aliphatic rings. The smallest absolute Gasteiger partial charge is 0.0455 e. The predicted octanol–water partition coefficient (Wildman–Crippen LogP) is 3.16. The minimum absolute atomic E-state index is 0.990. The molecule has 1 aromatic carbocycles. The second-order valence-electron chi connectivity index (χ2n) is 4.86. The van der Waals surface area contributed by atoms with Crippen molar-refractivity contribution in [3.63, 3.8) is 0 Å². The molecule has 0 saturated carbocycles. The van der Waals surface area contributed by atoms with Crippen LogP contribution in [0.4, 0.5) is 0 Å². The molecule has 0 radical (unpaired) electrons. The summed E-state index contributed by atoms with van der Waals surface area (Å²) in [6.07, 6.45) is 0. The Kier molecular flexibility index (Phi) is 3.34. The van der Waals surface area contributed by atoms with E-state index in [1.54, 1.807) is 0 Å².